The molecular formula is C17H19ClN2O2. The van der Waals surface area contributed by atoms with Crippen molar-refractivity contribution in [3.63, 3.8) is 0 Å². The van der Waals surface area contributed by atoms with Gasteiger partial charge < -0.3 is 15.7 Å². The number of rotatable bonds is 6. The third-order valence-electron chi connectivity index (χ3n) is 3.06. The molecule has 0 bridgehead atoms. The fourth-order valence-corrected chi connectivity index (χ4v) is 2.11. The Morgan fingerprint density at radius 1 is 1.23 bits per heavy atom. The number of hydrogen-bond donors (Lipinski definition) is 3. The van der Waals surface area contributed by atoms with E-state index in [-0.39, 0.29) is 12.0 Å². The summed E-state index contributed by atoms with van der Waals surface area (Å²) in [7, 11) is 0. The molecule has 116 valence electrons. The van der Waals surface area contributed by atoms with Crippen LogP contribution in [0.15, 0.2) is 48.5 Å². The molecule has 4 nitrogen and oxygen atoms in total. The molecule has 0 aliphatic carbocycles. The Morgan fingerprint density at radius 3 is 2.64 bits per heavy atom. The number of amides is 1. The Kier molecular flexibility index (Phi) is 5.95. The summed E-state index contributed by atoms with van der Waals surface area (Å²) >= 11 is 5.81. The standard InChI is InChI=1S/C17H19ClN2O2/c1-12(21)10-19-11-13-3-2-4-16(9-13)20-17(22)14-5-7-15(18)8-6-14/h2-9,12,19,21H,10-11H2,1H3,(H,20,22). The van der Waals surface area contributed by atoms with Crippen LogP contribution in [0.3, 0.4) is 0 Å². The SMILES string of the molecule is CC(O)CNCc1cccc(NC(=O)c2ccc(Cl)cc2)c1. The van der Waals surface area contributed by atoms with E-state index in [1.54, 1.807) is 31.2 Å². The lowest BCUT2D eigenvalue weighted by Crippen LogP contribution is -2.23. The molecule has 0 aromatic heterocycles. The molecule has 0 fully saturated rings. The predicted molar refractivity (Wildman–Crippen MR) is 89.2 cm³/mol. The fraction of sp³-hybridized carbons (Fsp3) is 0.235. The minimum absolute atomic E-state index is 0.175. The van der Waals surface area contributed by atoms with Crippen molar-refractivity contribution < 1.29 is 9.90 Å². The largest absolute Gasteiger partial charge is 0.392 e. The van der Waals surface area contributed by atoms with Gasteiger partial charge in [0.25, 0.3) is 5.91 Å². The van der Waals surface area contributed by atoms with Crippen LogP contribution in [0.5, 0.6) is 0 Å². The van der Waals surface area contributed by atoms with Gasteiger partial charge in [-0.25, -0.2) is 0 Å². The van der Waals surface area contributed by atoms with Crippen LogP contribution in [0.1, 0.15) is 22.8 Å². The molecular weight excluding hydrogens is 300 g/mol. The second-order valence-electron chi connectivity index (χ2n) is 5.14. The first-order valence-corrected chi connectivity index (χ1v) is 7.47. The lowest BCUT2D eigenvalue weighted by atomic mass is 10.1. The zero-order chi connectivity index (χ0) is 15.9. The van der Waals surface area contributed by atoms with Crippen molar-refractivity contribution in [1.29, 1.82) is 0 Å². The van der Waals surface area contributed by atoms with Crippen molar-refractivity contribution in [2.45, 2.75) is 19.6 Å². The molecule has 0 saturated heterocycles. The molecule has 0 saturated carbocycles. The zero-order valence-electron chi connectivity index (χ0n) is 12.3. The maximum Gasteiger partial charge on any atom is 0.255 e. The molecule has 2 aromatic carbocycles. The third-order valence-corrected chi connectivity index (χ3v) is 3.31. The van der Waals surface area contributed by atoms with Crippen LogP contribution in [-0.2, 0) is 6.54 Å². The number of aliphatic hydroxyl groups is 1. The van der Waals surface area contributed by atoms with Crippen LogP contribution in [0, 0.1) is 0 Å². The normalized spacial score (nSPS) is 12.0. The van der Waals surface area contributed by atoms with Gasteiger partial charge in [-0.1, -0.05) is 23.7 Å². The molecule has 0 spiro atoms. The third kappa shape index (κ3) is 5.15. The zero-order valence-corrected chi connectivity index (χ0v) is 13.1. The highest BCUT2D eigenvalue weighted by molar-refractivity contribution is 6.30. The minimum atomic E-state index is -0.382. The quantitative estimate of drug-likeness (QED) is 0.767. The van der Waals surface area contributed by atoms with E-state index in [2.05, 4.69) is 10.6 Å². The molecule has 1 unspecified atom stereocenters. The van der Waals surface area contributed by atoms with E-state index < -0.39 is 0 Å². The molecule has 1 amide bonds. The van der Waals surface area contributed by atoms with E-state index in [0.717, 1.165) is 11.3 Å². The first-order valence-electron chi connectivity index (χ1n) is 7.09. The van der Waals surface area contributed by atoms with Crippen molar-refractivity contribution in [2.75, 3.05) is 11.9 Å². The van der Waals surface area contributed by atoms with Gasteiger partial charge in [0.15, 0.2) is 0 Å². The minimum Gasteiger partial charge on any atom is -0.392 e. The highest BCUT2D eigenvalue weighted by Gasteiger charge is 2.06. The summed E-state index contributed by atoms with van der Waals surface area (Å²) in [6, 6.07) is 14.3. The van der Waals surface area contributed by atoms with Crippen molar-refractivity contribution in [2.24, 2.45) is 0 Å². The van der Waals surface area contributed by atoms with Crippen LogP contribution in [-0.4, -0.2) is 23.7 Å². The van der Waals surface area contributed by atoms with Crippen molar-refractivity contribution in [3.05, 3.63) is 64.7 Å². The summed E-state index contributed by atoms with van der Waals surface area (Å²) in [5.41, 5.74) is 2.33. The van der Waals surface area contributed by atoms with Crippen LogP contribution < -0.4 is 10.6 Å². The average Bonchev–Trinajstić information content (AvgIpc) is 2.48. The van der Waals surface area contributed by atoms with Gasteiger partial charge in [-0.3, -0.25) is 4.79 Å². The summed E-state index contributed by atoms with van der Waals surface area (Å²) in [5.74, 6) is -0.175. The highest BCUT2D eigenvalue weighted by atomic mass is 35.5. The van der Waals surface area contributed by atoms with Gasteiger partial charge in [0.1, 0.15) is 0 Å². The number of anilines is 1. The van der Waals surface area contributed by atoms with Crippen LogP contribution in [0.25, 0.3) is 0 Å². The Hall–Kier alpha value is -1.88. The first-order chi connectivity index (χ1) is 10.5. The number of benzene rings is 2. The molecule has 2 rings (SSSR count). The summed E-state index contributed by atoms with van der Waals surface area (Å²) in [4.78, 5) is 12.1. The van der Waals surface area contributed by atoms with Gasteiger partial charge in [-0.15, -0.1) is 0 Å². The topological polar surface area (TPSA) is 61.4 Å². The van der Waals surface area contributed by atoms with Crippen LogP contribution >= 0.6 is 11.6 Å². The van der Waals surface area contributed by atoms with Gasteiger partial charge in [-0.2, -0.15) is 0 Å². The number of nitrogens with one attached hydrogen (secondary N) is 2. The van der Waals surface area contributed by atoms with Gasteiger partial charge >= 0.3 is 0 Å². The number of halogens is 1. The number of hydrogen-bond acceptors (Lipinski definition) is 3. The van der Waals surface area contributed by atoms with E-state index in [9.17, 15) is 9.90 Å². The molecule has 0 radical (unpaired) electrons. The van der Waals surface area contributed by atoms with Crippen molar-refractivity contribution in [1.82, 2.24) is 5.32 Å². The second-order valence-corrected chi connectivity index (χ2v) is 5.58. The van der Waals surface area contributed by atoms with Gasteiger partial charge in [0, 0.05) is 29.4 Å². The molecule has 0 heterocycles. The number of aliphatic hydroxyl groups excluding tert-OH is 1. The fourth-order valence-electron chi connectivity index (χ4n) is 1.99. The summed E-state index contributed by atoms with van der Waals surface area (Å²) in [6.07, 6.45) is -0.382. The summed E-state index contributed by atoms with van der Waals surface area (Å²) in [6.45, 7) is 2.90. The van der Waals surface area contributed by atoms with E-state index in [1.807, 2.05) is 24.3 Å². The average molecular weight is 319 g/mol. The van der Waals surface area contributed by atoms with Gasteiger partial charge in [0.05, 0.1) is 6.10 Å². The summed E-state index contributed by atoms with van der Waals surface area (Å²) in [5, 5.41) is 15.8. The monoisotopic (exact) mass is 318 g/mol. The summed E-state index contributed by atoms with van der Waals surface area (Å²) < 4.78 is 0. The Labute approximate surface area is 135 Å². The van der Waals surface area contributed by atoms with E-state index >= 15 is 0 Å². The lowest BCUT2D eigenvalue weighted by Gasteiger charge is -2.09. The Morgan fingerprint density at radius 2 is 1.95 bits per heavy atom. The molecule has 22 heavy (non-hydrogen) atoms. The van der Waals surface area contributed by atoms with Crippen LogP contribution in [0.4, 0.5) is 5.69 Å². The molecule has 1 atom stereocenters. The van der Waals surface area contributed by atoms with E-state index in [0.29, 0.717) is 23.7 Å². The Bertz CT molecular complexity index is 627. The first kappa shape index (κ1) is 16.5. The molecule has 0 aliphatic heterocycles. The maximum atomic E-state index is 12.1. The van der Waals surface area contributed by atoms with Crippen molar-refractivity contribution in [3.8, 4) is 0 Å². The predicted octanol–water partition coefficient (Wildman–Crippen LogP) is 3.06. The van der Waals surface area contributed by atoms with Crippen molar-refractivity contribution >= 4 is 23.2 Å². The second kappa shape index (κ2) is 7.94. The molecule has 5 heteroatoms. The molecule has 0 aliphatic rings. The number of carbonyl (C=O) groups is 1. The molecule has 2 aromatic rings. The Balaban J connectivity index is 1.97. The maximum absolute atomic E-state index is 12.1. The smallest absolute Gasteiger partial charge is 0.255 e. The van der Waals surface area contributed by atoms with Gasteiger partial charge in [-0.05, 0) is 48.9 Å². The number of carbonyl (C=O) groups excluding carboxylic acids is 1. The van der Waals surface area contributed by atoms with E-state index in [4.69, 9.17) is 11.6 Å². The van der Waals surface area contributed by atoms with Crippen LogP contribution in [0.2, 0.25) is 5.02 Å². The van der Waals surface area contributed by atoms with E-state index in [1.165, 1.54) is 0 Å². The van der Waals surface area contributed by atoms with Gasteiger partial charge in [0.2, 0.25) is 0 Å². The lowest BCUT2D eigenvalue weighted by molar-refractivity contribution is 0.102. The molecule has 3 N–H and O–H groups in total. The highest BCUT2D eigenvalue weighted by Crippen LogP contribution is 2.14.